The number of fused-ring (bicyclic) bond motifs is 1. The van der Waals surface area contributed by atoms with Crippen molar-refractivity contribution in [2.24, 2.45) is 11.7 Å². The summed E-state index contributed by atoms with van der Waals surface area (Å²) in [5.74, 6) is 0.0822. The molecule has 16 heavy (non-hydrogen) atoms. The molecule has 0 heterocycles. The van der Waals surface area contributed by atoms with Crippen LogP contribution in [0.15, 0.2) is 34.6 Å². The maximum Gasteiger partial charge on any atom is 0.209 e. The van der Waals surface area contributed by atoms with Crippen LogP contribution >= 0.6 is 0 Å². The van der Waals surface area contributed by atoms with E-state index in [1.165, 1.54) is 0 Å². The predicted molar refractivity (Wildman–Crippen MR) is 59.4 cm³/mol. The SMILES string of the molecule is NC1=C(C2CC2)C(=O)C2=CCCC=C2C1=O. The largest absolute Gasteiger partial charge is 0.395 e. The molecule has 0 amide bonds. The van der Waals surface area contributed by atoms with E-state index in [4.69, 9.17) is 5.73 Å². The highest BCUT2D eigenvalue weighted by atomic mass is 16.1. The molecule has 0 aromatic carbocycles. The Kier molecular flexibility index (Phi) is 1.90. The molecule has 3 heteroatoms. The van der Waals surface area contributed by atoms with E-state index in [9.17, 15) is 9.59 Å². The van der Waals surface area contributed by atoms with Crippen molar-refractivity contribution in [3.05, 3.63) is 34.6 Å². The summed E-state index contributed by atoms with van der Waals surface area (Å²) in [5, 5.41) is 0. The third kappa shape index (κ3) is 1.21. The summed E-state index contributed by atoms with van der Waals surface area (Å²) in [6.07, 6.45) is 7.36. The van der Waals surface area contributed by atoms with E-state index in [0.717, 1.165) is 25.7 Å². The summed E-state index contributed by atoms with van der Waals surface area (Å²) in [4.78, 5) is 24.2. The molecule has 82 valence electrons. The normalized spacial score (nSPS) is 25.2. The molecule has 0 bridgehead atoms. The molecule has 0 atom stereocenters. The lowest BCUT2D eigenvalue weighted by Crippen LogP contribution is -2.30. The molecule has 0 saturated heterocycles. The highest BCUT2D eigenvalue weighted by molar-refractivity contribution is 6.29. The Labute approximate surface area is 93.7 Å². The first-order valence-corrected chi connectivity index (χ1v) is 5.70. The van der Waals surface area contributed by atoms with E-state index in [-0.39, 0.29) is 23.2 Å². The monoisotopic (exact) mass is 215 g/mol. The summed E-state index contributed by atoms with van der Waals surface area (Å²) in [6.45, 7) is 0. The summed E-state index contributed by atoms with van der Waals surface area (Å²) in [5.41, 5.74) is 7.69. The second kappa shape index (κ2) is 3.17. The minimum Gasteiger partial charge on any atom is -0.395 e. The molecule has 0 aliphatic heterocycles. The van der Waals surface area contributed by atoms with Gasteiger partial charge in [-0.25, -0.2) is 0 Å². The highest BCUT2D eigenvalue weighted by Gasteiger charge is 2.41. The minimum atomic E-state index is -0.146. The van der Waals surface area contributed by atoms with Crippen LogP contribution in [0.5, 0.6) is 0 Å². The Morgan fingerprint density at radius 2 is 1.56 bits per heavy atom. The number of Topliss-reactive ketones (excluding diaryl/α,β-unsaturated/α-hetero) is 2. The molecule has 1 saturated carbocycles. The van der Waals surface area contributed by atoms with Crippen LogP contribution in [0.1, 0.15) is 25.7 Å². The van der Waals surface area contributed by atoms with Gasteiger partial charge in [0, 0.05) is 16.7 Å². The van der Waals surface area contributed by atoms with E-state index in [1.54, 1.807) is 0 Å². The molecule has 0 unspecified atom stereocenters. The van der Waals surface area contributed by atoms with Crippen molar-refractivity contribution in [1.29, 1.82) is 0 Å². The van der Waals surface area contributed by atoms with Gasteiger partial charge < -0.3 is 5.73 Å². The molecule has 0 radical (unpaired) electrons. The molecule has 0 aromatic rings. The molecule has 3 aliphatic rings. The molecule has 1 fully saturated rings. The molecular formula is C13H13NO2. The van der Waals surface area contributed by atoms with Gasteiger partial charge in [0.2, 0.25) is 5.78 Å². The lowest BCUT2D eigenvalue weighted by atomic mass is 9.80. The Balaban J connectivity index is 2.16. The lowest BCUT2D eigenvalue weighted by Gasteiger charge is -2.22. The van der Waals surface area contributed by atoms with Gasteiger partial charge in [0.1, 0.15) is 0 Å². The van der Waals surface area contributed by atoms with Crippen molar-refractivity contribution in [3.8, 4) is 0 Å². The van der Waals surface area contributed by atoms with Crippen LogP contribution in [0.4, 0.5) is 0 Å². The van der Waals surface area contributed by atoms with E-state index in [2.05, 4.69) is 0 Å². The molecule has 0 aromatic heterocycles. The van der Waals surface area contributed by atoms with Gasteiger partial charge >= 0.3 is 0 Å². The molecular weight excluding hydrogens is 202 g/mol. The van der Waals surface area contributed by atoms with Gasteiger partial charge in [-0.3, -0.25) is 9.59 Å². The van der Waals surface area contributed by atoms with Crippen LogP contribution in [-0.4, -0.2) is 11.6 Å². The lowest BCUT2D eigenvalue weighted by molar-refractivity contribution is -0.117. The summed E-state index contributed by atoms with van der Waals surface area (Å²) in [6, 6.07) is 0. The highest BCUT2D eigenvalue weighted by Crippen LogP contribution is 2.43. The zero-order chi connectivity index (χ0) is 11.3. The first-order valence-electron chi connectivity index (χ1n) is 5.70. The van der Waals surface area contributed by atoms with Crippen molar-refractivity contribution < 1.29 is 9.59 Å². The van der Waals surface area contributed by atoms with Crippen LogP contribution in [0.25, 0.3) is 0 Å². The number of nitrogens with two attached hydrogens (primary N) is 1. The number of allylic oxidation sites excluding steroid dienone is 5. The fraction of sp³-hybridized carbons (Fsp3) is 0.385. The number of rotatable bonds is 1. The summed E-state index contributed by atoms with van der Waals surface area (Å²) < 4.78 is 0. The van der Waals surface area contributed by atoms with Crippen LogP contribution < -0.4 is 5.73 Å². The number of ketones is 2. The van der Waals surface area contributed by atoms with Crippen LogP contribution in [0.2, 0.25) is 0 Å². The summed E-state index contributed by atoms with van der Waals surface area (Å²) in [7, 11) is 0. The third-order valence-electron chi connectivity index (χ3n) is 3.41. The van der Waals surface area contributed by atoms with Gasteiger partial charge in [-0.2, -0.15) is 0 Å². The quantitative estimate of drug-likeness (QED) is 0.719. The number of hydrogen-bond donors (Lipinski definition) is 1. The van der Waals surface area contributed by atoms with Crippen molar-refractivity contribution >= 4 is 11.6 Å². The maximum atomic E-state index is 12.2. The van der Waals surface area contributed by atoms with E-state index >= 15 is 0 Å². The van der Waals surface area contributed by atoms with Crippen molar-refractivity contribution in [2.45, 2.75) is 25.7 Å². The zero-order valence-electron chi connectivity index (χ0n) is 8.95. The Morgan fingerprint density at radius 3 is 2.12 bits per heavy atom. The van der Waals surface area contributed by atoms with Crippen molar-refractivity contribution in [2.75, 3.05) is 0 Å². The fourth-order valence-corrected chi connectivity index (χ4v) is 2.42. The van der Waals surface area contributed by atoms with Gasteiger partial charge in [-0.05, 0) is 31.6 Å². The Bertz CT molecular complexity index is 490. The second-order valence-electron chi connectivity index (χ2n) is 4.57. The van der Waals surface area contributed by atoms with Gasteiger partial charge in [0.25, 0.3) is 0 Å². The first kappa shape index (κ1) is 9.58. The van der Waals surface area contributed by atoms with E-state index in [1.807, 2.05) is 12.2 Å². The first-order chi connectivity index (χ1) is 7.70. The molecule has 2 N–H and O–H groups in total. The van der Waals surface area contributed by atoms with Crippen molar-refractivity contribution in [1.82, 2.24) is 0 Å². The number of carbonyl (C=O) groups is 2. The predicted octanol–water partition coefficient (Wildman–Crippen LogP) is 1.41. The number of hydrogen-bond acceptors (Lipinski definition) is 3. The van der Waals surface area contributed by atoms with Crippen LogP contribution in [0, 0.1) is 5.92 Å². The molecule has 3 aliphatic carbocycles. The van der Waals surface area contributed by atoms with Crippen LogP contribution in [0.3, 0.4) is 0 Å². The van der Waals surface area contributed by atoms with Gasteiger partial charge in [0.15, 0.2) is 5.78 Å². The van der Waals surface area contributed by atoms with Crippen molar-refractivity contribution in [3.63, 3.8) is 0 Å². The molecule has 0 spiro atoms. The smallest absolute Gasteiger partial charge is 0.209 e. The van der Waals surface area contributed by atoms with Gasteiger partial charge in [0.05, 0.1) is 5.70 Å². The second-order valence-corrected chi connectivity index (χ2v) is 4.57. The maximum absolute atomic E-state index is 12.2. The average molecular weight is 215 g/mol. The summed E-state index contributed by atoms with van der Waals surface area (Å²) >= 11 is 0. The zero-order valence-corrected chi connectivity index (χ0v) is 8.95. The molecule has 3 rings (SSSR count). The van der Waals surface area contributed by atoms with E-state index in [0.29, 0.717) is 16.7 Å². The standard InChI is InChI=1S/C13H13NO2/c14-11-10(7-5-6-7)12(15)8-3-1-2-4-9(8)13(11)16/h3-4,7H,1-2,5-6,14H2. The van der Waals surface area contributed by atoms with Gasteiger partial charge in [-0.15, -0.1) is 0 Å². The molecule has 3 nitrogen and oxygen atoms in total. The Morgan fingerprint density at radius 1 is 1.00 bits per heavy atom. The fourth-order valence-electron chi connectivity index (χ4n) is 2.42. The van der Waals surface area contributed by atoms with Gasteiger partial charge in [-0.1, -0.05) is 12.2 Å². The minimum absolute atomic E-state index is 0.00875. The van der Waals surface area contributed by atoms with E-state index < -0.39 is 0 Å². The Hall–Kier alpha value is -1.64. The topological polar surface area (TPSA) is 60.2 Å². The third-order valence-corrected chi connectivity index (χ3v) is 3.41. The van der Waals surface area contributed by atoms with Crippen LogP contribution in [-0.2, 0) is 9.59 Å². The number of carbonyl (C=O) groups excluding carboxylic acids is 2. The average Bonchev–Trinajstić information content (AvgIpc) is 3.11.